The van der Waals surface area contributed by atoms with Gasteiger partial charge in [-0.05, 0) is 36.9 Å². The fourth-order valence-electron chi connectivity index (χ4n) is 3.30. The Balaban J connectivity index is 0.00000161. The van der Waals surface area contributed by atoms with Crippen LogP contribution in [0.25, 0.3) is 0 Å². The first-order chi connectivity index (χ1) is 9.65. The standard InChI is InChI=1S/C16H23ClN2O.ClH/c1-16(7-8-18-11-16)12-19-9-6-13(10-19)20-15-5-3-2-4-14(15)17;/h2-5,13,18H,6-12H2,1H3;1H. The van der Waals surface area contributed by atoms with Gasteiger partial charge in [-0.15, -0.1) is 12.4 Å². The zero-order chi connectivity index (χ0) is 14.0. The minimum atomic E-state index is 0. The molecule has 1 aromatic carbocycles. The third-order valence-electron chi connectivity index (χ3n) is 4.42. The van der Waals surface area contributed by atoms with Crippen molar-refractivity contribution >= 4 is 24.0 Å². The molecule has 3 nitrogen and oxygen atoms in total. The van der Waals surface area contributed by atoms with E-state index >= 15 is 0 Å². The summed E-state index contributed by atoms with van der Waals surface area (Å²) in [5.74, 6) is 0.815. The van der Waals surface area contributed by atoms with E-state index in [1.165, 1.54) is 13.0 Å². The number of rotatable bonds is 4. The van der Waals surface area contributed by atoms with Gasteiger partial charge in [0.25, 0.3) is 0 Å². The Morgan fingerprint density at radius 3 is 2.95 bits per heavy atom. The van der Waals surface area contributed by atoms with E-state index in [9.17, 15) is 0 Å². The summed E-state index contributed by atoms with van der Waals surface area (Å²) in [5, 5.41) is 4.18. The Kier molecular flexibility index (Phi) is 5.78. The Morgan fingerprint density at radius 1 is 1.43 bits per heavy atom. The fourth-order valence-corrected chi connectivity index (χ4v) is 3.48. The monoisotopic (exact) mass is 330 g/mol. The van der Waals surface area contributed by atoms with Crippen LogP contribution in [-0.4, -0.2) is 43.7 Å². The van der Waals surface area contributed by atoms with E-state index in [1.54, 1.807) is 0 Å². The Morgan fingerprint density at radius 2 is 2.24 bits per heavy atom. The van der Waals surface area contributed by atoms with Gasteiger partial charge >= 0.3 is 0 Å². The highest BCUT2D eigenvalue weighted by molar-refractivity contribution is 6.32. The second-order valence-corrected chi connectivity index (χ2v) is 6.84. The highest BCUT2D eigenvalue weighted by Crippen LogP contribution is 2.30. The number of hydrogen-bond donors (Lipinski definition) is 1. The van der Waals surface area contributed by atoms with Gasteiger partial charge in [0, 0.05) is 26.2 Å². The molecule has 118 valence electrons. The van der Waals surface area contributed by atoms with E-state index in [0.717, 1.165) is 38.3 Å². The van der Waals surface area contributed by atoms with Crippen LogP contribution in [0.5, 0.6) is 5.75 Å². The molecule has 1 aromatic rings. The second-order valence-electron chi connectivity index (χ2n) is 6.43. The Bertz CT molecular complexity index is 463. The number of nitrogens with one attached hydrogen (secondary N) is 1. The largest absolute Gasteiger partial charge is 0.487 e. The predicted molar refractivity (Wildman–Crippen MR) is 89.8 cm³/mol. The van der Waals surface area contributed by atoms with Crippen molar-refractivity contribution in [2.45, 2.75) is 25.9 Å². The normalized spacial score (nSPS) is 29.3. The molecule has 5 heteroatoms. The summed E-state index contributed by atoms with van der Waals surface area (Å²) >= 11 is 6.15. The SMILES string of the molecule is CC1(CN2CCC(Oc3ccccc3Cl)C2)CCNC1.Cl. The molecule has 0 radical (unpaired) electrons. The summed E-state index contributed by atoms with van der Waals surface area (Å²) in [6, 6.07) is 7.74. The van der Waals surface area contributed by atoms with Gasteiger partial charge in [0.05, 0.1) is 5.02 Å². The first-order valence-corrected chi connectivity index (χ1v) is 7.87. The van der Waals surface area contributed by atoms with Gasteiger partial charge in [0.15, 0.2) is 0 Å². The van der Waals surface area contributed by atoms with Crippen LogP contribution in [-0.2, 0) is 0 Å². The van der Waals surface area contributed by atoms with E-state index in [-0.39, 0.29) is 18.5 Å². The summed E-state index contributed by atoms with van der Waals surface area (Å²) in [6.45, 7) is 7.99. The molecule has 2 aliphatic rings. The maximum absolute atomic E-state index is 6.15. The lowest BCUT2D eigenvalue weighted by atomic mass is 9.89. The van der Waals surface area contributed by atoms with Gasteiger partial charge in [-0.2, -0.15) is 0 Å². The first kappa shape index (κ1) is 16.9. The Hall–Kier alpha value is -0.480. The van der Waals surface area contributed by atoms with Crippen LogP contribution in [0.2, 0.25) is 5.02 Å². The number of hydrogen-bond acceptors (Lipinski definition) is 3. The number of ether oxygens (including phenoxy) is 1. The van der Waals surface area contributed by atoms with E-state index in [1.807, 2.05) is 24.3 Å². The number of likely N-dealkylation sites (tertiary alicyclic amines) is 1. The summed E-state index contributed by atoms with van der Waals surface area (Å²) in [5.41, 5.74) is 0.430. The van der Waals surface area contributed by atoms with Crippen molar-refractivity contribution in [1.29, 1.82) is 0 Å². The smallest absolute Gasteiger partial charge is 0.138 e. The lowest BCUT2D eigenvalue weighted by molar-refractivity contribution is 0.169. The molecule has 2 fully saturated rings. The van der Waals surface area contributed by atoms with Crippen LogP contribution in [0.4, 0.5) is 0 Å². The van der Waals surface area contributed by atoms with Gasteiger partial charge in [0.2, 0.25) is 0 Å². The molecule has 0 bridgehead atoms. The average molecular weight is 331 g/mol. The molecule has 1 N–H and O–H groups in total. The molecule has 0 amide bonds. The first-order valence-electron chi connectivity index (χ1n) is 7.49. The van der Waals surface area contributed by atoms with E-state index in [2.05, 4.69) is 17.1 Å². The molecule has 0 aromatic heterocycles. The molecule has 2 unspecified atom stereocenters. The van der Waals surface area contributed by atoms with Crippen molar-refractivity contribution in [2.75, 3.05) is 32.7 Å². The molecule has 3 rings (SSSR count). The van der Waals surface area contributed by atoms with Crippen LogP contribution < -0.4 is 10.1 Å². The Labute approximate surface area is 138 Å². The molecule has 2 aliphatic heterocycles. The summed E-state index contributed by atoms with van der Waals surface area (Å²) in [7, 11) is 0. The lowest BCUT2D eigenvalue weighted by Gasteiger charge is -2.29. The lowest BCUT2D eigenvalue weighted by Crippen LogP contribution is -2.37. The van der Waals surface area contributed by atoms with Crippen molar-refractivity contribution in [3.63, 3.8) is 0 Å². The van der Waals surface area contributed by atoms with E-state index < -0.39 is 0 Å². The molecule has 0 saturated carbocycles. The molecule has 2 heterocycles. The van der Waals surface area contributed by atoms with Gasteiger partial charge in [0.1, 0.15) is 11.9 Å². The van der Waals surface area contributed by atoms with E-state index in [4.69, 9.17) is 16.3 Å². The van der Waals surface area contributed by atoms with Crippen LogP contribution in [0.15, 0.2) is 24.3 Å². The fraction of sp³-hybridized carbons (Fsp3) is 0.625. The highest BCUT2D eigenvalue weighted by atomic mass is 35.5. The van der Waals surface area contributed by atoms with Crippen LogP contribution in [0.1, 0.15) is 19.8 Å². The van der Waals surface area contributed by atoms with Crippen molar-refractivity contribution in [3.8, 4) is 5.75 Å². The summed E-state index contributed by atoms with van der Waals surface area (Å²) < 4.78 is 6.04. The van der Waals surface area contributed by atoms with Crippen LogP contribution in [0.3, 0.4) is 0 Å². The summed E-state index contributed by atoms with van der Waals surface area (Å²) in [4.78, 5) is 2.54. The van der Waals surface area contributed by atoms with Crippen molar-refractivity contribution < 1.29 is 4.74 Å². The minimum Gasteiger partial charge on any atom is -0.487 e. The van der Waals surface area contributed by atoms with Gasteiger partial charge in [-0.1, -0.05) is 30.7 Å². The maximum atomic E-state index is 6.15. The molecule has 2 atom stereocenters. The molecular weight excluding hydrogens is 307 g/mol. The van der Waals surface area contributed by atoms with Crippen molar-refractivity contribution in [2.24, 2.45) is 5.41 Å². The molecule has 0 spiro atoms. The zero-order valence-corrected chi connectivity index (χ0v) is 14.1. The van der Waals surface area contributed by atoms with Gasteiger partial charge in [-0.25, -0.2) is 0 Å². The number of benzene rings is 1. The number of nitrogens with zero attached hydrogens (tertiary/aromatic N) is 1. The maximum Gasteiger partial charge on any atom is 0.138 e. The van der Waals surface area contributed by atoms with Crippen LogP contribution in [0, 0.1) is 5.41 Å². The molecule has 21 heavy (non-hydrogen) atoms. The summed E-state index contributed by atoms with van der Waals surface area (Å²) in [6.07, 6.45) is 2.64. The van der Waals surface area contributed by atoms with Gasteiger partial charge in [-0.3, -0.25) is 4.90 Å². The molecular formula is C16H24Cl2N2O. The third-order valence-corrected chi connectivity index (χ3v) is 4.73. The minimum absolute atomic E-state index is 0. The number of halogens is 2. The van der Waals surface area contributed by atoms with E-state index in [0.29, 0.717) is 10.4 Å². The van der Waals surface area contributed by atoms with Crippen molar-refractivity contribution in [1.82, 2.24) is 10.2 Å². The number of para-hydroxylation sites is 1. The van der Waals surface area contributed by atoms with Crippen molar-refractivity contribution in [3.05, 3.63) is 29.3 Å². The second kappa shape index (κ2) is 7.19. The molecule has 0 aliphatic carbocycles. The topological polar surface area (TPSA) is 24.5 Å². The zero-order valence-electron chi connectivity index (χ0n) is 12.5. The quantitative estimate of drug-likeness (QED) is 0.917. The average Bonchev–Trinajstić information content (AvgIpc) is 3.02. The van der Waals surface area contributed by atoms with Gasteiger partial charge < -0.3 is 10.1 Å². The third kappa shape index (κ3) is 4.26. The molecule has 2 saturated heterocycles. The van der Waals surface area contributed by atoms with Crippen LogP contribution >= 0.6 is 24.0 Å². The predicted octanol–water partition coefficient (Wildman–Crippen LogP) is 3.21. The highest BCUT2D eigenvalue weighted by Gasteiger charge is 2.34.